The van der Waals surface area contributed by atoms with Crippen molar-refractivity contribution in [2.24, 2.45) is 0 Å². The maximum atomic E-state index is 13.4. The molecule has 5 aromatic carbocycles. The van der Waals surface area contributed by atoms with Crippen molar-refractivity contribution in [1.29, 1.82) is 0 Å². The molecule has 4 amide bonds. The number of imidazole rings is 2. The van der Waals surface area contributed by atoms with Crippen molar-refractivity contribution >= 4 is 64.0 Å². The maximum Gasteiger partial charge on any atom is 0.326 e. The van der Waals surface area contributed by atoms with Crippen LogP contribution in [0.25, 0.3) is 34.1 Å². The van der Waals surface area contributed by atoms with E-state index in [2.05, 4.69) is 25.3 Å². The minimum absolute atomic E-state index is 0.0133. The van der Waals surface area contributed by atoms with Crippen LogP contribution in [0.3, 0.4) is 0 Å². The van der Waals surface area contributed by atoms with Gasteiger partial charge in [0.15, 0.2) is 5.78 Å². The molecule has 9 aromatic rings. The molecule has 19 nitrogen and oxygen atoms in total. The quantitative estimate of drug-likeness (QED) is 0.0760. The summed E-state index contributed by atoms with van der Waals surface area (Å²) >= 11 is 0. The lowest BCUT2D eigenvalue weighted by Gasteiger charge is -2.24. The molecule has 6 N–H and O–H groups in total. The first-order valence-corrected chi connectivity index (χ1v) is 27.8. The zero-order valence-corrected chi connectivity index (χ0v) is 45.7. The van der Waals surface area contributed by atoms with Crippen LogP contribution in [-0.4, -0.2) is 122 Å². The van der Waals surface area contributed by atoms with Crippen molar-refractivity contribution in [3.63, 3.8) is 0 Å². The third kappa shape index (κ3) is 14.1. The summed E-state index contributed by atoms with van der Waals surface area (Å²) in [5.41, 5.74) is 20.3. The molecule has 7 heterocycles. The number of ketones is 1. The molecule has 3 fully saturated rings. The number of aliphatic carboxylic acids is 1. The molecule has 0 saturated carbocycles. The van der Waals surface area contributed by atoms with E-state index in [1.807, 2.05) is 163 Å². The topological polar surface area (TPSA) is 257 Å². The number of benzene rings is 5. The highest BCUT2D eigenvalue weighted by Crippen LogP contribution is 2.27. The molecule has 3 aliphatic rings. The fraction of sp³-hybridized carbons (Fsp3) is 0.250. The van der Waals surface area contributed by atoms with Gasteiger partial charge in [-0.1, -0.05) is 115 Å². The number of nitrogen functional groups attached to an aromatic ring is 2. The average molecular weight is 1110 g/mol. The second-order valence-corrected chi connectivity index (χ2v) is 20.9. The number of nitrogens with zero attached hydrogens (tertiary/aromatic N) is 9. The van der Waals surface area contributed by atoms with Crippen molar-refractivity contribution in [2.45, 2.75) is 82.3 Å². The maximum absolute atomic E-state index is 13.4. The number of fused-ring (bicyclic) bond motifs is 2. The molecule has 19 heteroatoms. The molecular formula is C64H64N12O7. The Balaban J connectivity index is 0.000000182. The van der Waals surface area contributed by atoms with Crippen molar-refractivity contribution in [1.82, 2.24) is 43.4 Å². The van der Waals surface area contributed by atoms with Gasteiger partial charge in [0.25, 0.3) is 0 Å². The summed E-state index contributed by atoms with van der Waals surface area (Å²) in [5.74, 6) is -0.0931. The van der Waals surface area contributed by atoms with Crippen LogP contribution < -0.4 is 16.8 Å². The number of nitrogens with two attached hydrogens (primary N) is 2. The molecule has 0 radical (unpaired) electrons. The Kier molecular flexibility index (Phi) is 17.6. The summed E-state index contributed by atoms with van der Waals surface area (Å²) in [7, 11) is 0. The van der Waals surface area contributed by atoms with Gasteiger partial charge in [-0.2, -0.15) is 0 Å². The zero-order valence-electron chi connectivity index (χ0n) is 45.7. The lowest BCUT2D eigenvalue weighted by atomic mass is 10.0. The predicted octanol–water partition coefficient (Wildman–Crippen LogP) is 7.78. The second kappa shape index (κ2) is 26.0. The van der Waals surface area contributed by atoms with E-state index in [0.29, 0.717) is 73.9 Å². The minimum Gasteiger partial charge on any atom is -0.480 e. The number of Topliss-reactive ketones (excluding diaryl/α,β-unsaturated/α-hetero) is 1. The molecule has 12 rings (SSSR count). The van der Waals surface area contributed by atoms with Crippen LogP contribution in [0, 0.1) is 0 Å². The predicted molar refractivity (Wildman–Crippen MR) is 315 cm³/mol. The summed E-state index contributed by atoms with van der Waals surface area (Å²) in [6, 6.07) is 42.0. The zero-order chi connectivity index (χ0) is 57.8. The largest absolute Gasteiger partial charge is 0.480 e. The van der Waals surface area contributed by atoms with E-state index in [-0.39, 0.29) is 48.7 Å². The van der Waals surface area contributed by atoms with Crippen molar-refractivity contribution in [3.05, 3.63) is 199 Å². The van der Waals surface area contributed by atoms with Gasteiger partial charge in [-0.05, 0) is 85.0 Å². The van der Waals surface area contributed by atoms with Crippen LogP contribution in [-0.2, 0) is 54.5 Å². The third-order valence-corrected chi connectivity index (χ3v) is 15.0. The van der Waals surface area contributed by atoms with Crippen molar-refractivity contribution in [2.75, 3.05) is 36.4 Å². The number of nitrogens with one attached hydrogen (secondary N) is 1. The summed E-state index contributed by atoms with van der Waals surface area (Å²) < 4.78 is 3.61. The lowest BCUT2D eigenvalue weighted by molar-refractivity contribution is -0.148. The van der Waals surface area contributed by atoms with Crippen LogP contribution >= 0.6 is 0 Å². The number of hydrogen-bond acceptors (Lipinski definition) is 12. The Morgan fingerprint density at radius 1 is 0.470 bits per heavy atom. The first-order valence-electron chi connectivity index (χ1n) is 27.8. The van der Waals surface area contributed by atoms with E-state index >= 15 is 0 Å². The van der Waals surface area contributed by atoms with Crippen LogP contribution in [0.1, 0.15) is 60.8 Å². The number of aromatic nitrogens is 6. The number of carbonyl (C=O) groups excluding carboxylic acids is 5. The SMILES string of the molecule is Nc1ccc(-c2cn3cc(N)cnc3n2)cc1.O=C(Cc1cnc2nc(-c3ccc(NC(=O)[C@@H]4CCCN4C(=O)Cc4ccccc4)cc3)cn2c1)[C@@H]1CCCN1C(=O)Cc1ccccc1.O=C(O)[C@@H]1CCCN1C(=O)Cc1ccccc1. The Morgan fingerprint density at radius 2 is 0.904 bits per heavy atom. The molecule has 0 aliphatic carbocycles. The minimum atomic E-state index is -0.899. The summed E-state index contributed by atoms with van der Waals surface area (Å²) in [6.07, 6.45) is 16.0. The second-order valence-electron chi connectivity index (χ2n) is 20.9. The number of amides is 4. The van der Waals surface area contributed by atoms with Crippen LogP contribution in [0.2, 0.25) is 0 Å². The Morgan fingerprint density at radius 3 is 1.41 bits per heavy atom. The molecule has 3 atom stereocenters. The van der Waals surface area contributed by atoms with E-state index in [1.165, 1.54) is 4.90 Å². The van der Waals surface area contributed by atoms with Crippen LogP contribution in [0.4, 0.5) is 17.1 Å². The number of carboxylic acids is 1. The van der Waals surface area contributed by atoms with Gasteiger partial charge >= 0.3 is 5.97 Å². The fourth-order valence-corrected chi connectivity index (χ4v) is 10.8. The molecule has 4 aromatic heterocycles. The lowest BCUT2D eigenvalue weighted by Crippen LogP contribution is -2.43. The van der Waals surface area contributed by atoms with Gasteiger partial charge in [0, 0.05) is 79.5 Å². The number of rotatable bonds is 14. The number of carbonyl (C=O) groups is 6. The van der Waals surface area contributed by atoms with Gasteiger partial charge in [-0.3, -0.25) is 32.8 Å². The first kappa shape index (κ1) is 56.2. The first-order chi connectivity index (χ1) is 40.3. The molecule has 83 heavy (non-hydrogen) atoms. The Bertz CT molecular complexity index is 3740. The van der Waals surface area contributed by atoms with E-state index in [0.717, 1.165) is 64.0 Å². The summed E-state index contributed by atoms with van der Waals surface area (Å²) in [5, 5.41) is 12.0. The number of anilines is 3. The fourth-order valence-electron chi connectivity index (χ4n) is 10.8. The molecular weight excluding hydrogens is 1050 g/mol. The third-order valence-electron chi connectivity index (χ3n) is 15.0. The number of hydrogen-bond donors (Lipinski definition) is 4. The Hall–Kier alpha value is -10.0. The highest BCUT2D eigenvalue weighted by Gasteiger charge is 2.36. The van der Waals surface area contributed by atoms with Gasteiger partial charge in [0.05, 0.1) is 48.6 Å². The molecule has 0 unspecified atom stereocenters. The molecule has 422 valence electrons. The molecule has 3 aliphatic heterocycles. The number of likely N-dealkylation sites (tertiary alicyclic amines) is 3. The van der Waals surface area contributed by atoms with E-state index in [1.54, 1.807) is 32.8 Å². The smallest absolute Gasteiger partial charge is 0.326 e. The van der Waals surface area contributed by atoms with Crippen LogP contribution in [0.5, 0.6) is 0 Å². The van der Waals surface area contributed by atoms with E-state index in [9.17, 15) is 28.8 Å². The monoisotopic (exact) mass is 1110 g/mol. The molecule has 0 spiro atoms. The summed E-state index contributed by atoms with van der Waals surface area (Å²) in [6.45, 7) is 1.73. The summed E-state index contributed by atoms with van der Waals surface area (Å²) in [4.78, 5) is 98.2. The highest BCUT2D eigenvalue weighted by atomic mass is 16.4. The molecule has 0 bridgehead atoms. The van der Waals surface area contributed by atoms with Crippen molar-refractivity contribution in [3.8, 4) is 22.5 Å². The van der Waals surface area contributed by atoms with Gasteiger partial charge in [-0.15, -0.1) is 0 Å². The highest BCUT2D eigenvalue weighted by molar-refractivity contribution is 5.98. The number of carboxylic acid groups (broad SMARTS) is 1. The van der Waals surface area contributed by atoms with E-state index in [4.69, 9.17) is 16.6 Å². The average Bonchev–Trinajstić information content (AvgIpc) is 4.58. The normalized spacial score (nSPS) is 16.4. The van der Waals surface area contributed by atoms with Crippen LogP contribution in [0.15, 0.2) is 177 Å². The van der Waals surface area contributed by atoms with Gasteiger partial charge < -0.3 is 36.6 Å². The van der Waals surface area contributed by atoms with E-state index < -0.39 is 24.1 Å². The Labute approximate surface area is 479 Å². The van der Waals surface area contributed by atoms with Crippen molar-refractivity contribution < 1.29 is 33.9 Å². The standard InChI is InChI=1S/C39H38N6O4.C13H15NO3.C12H11N5/c46-35(33-13-7-19-44(33)36(47)22-27-9-3-1-4-10-27)21-29-24-40-39-42-32(26-43(39)25-29)30-15-17-31(18-16-30)41-38(49)34-14-8-20-45(34)37(48)23-28-11-5-2-6-12-28;15-12(9-10-5-2-1-3-6-10)14-8-4-7-11(14)13(16)17;13-9-3-1-8(2-4-9)11-7-17-6-10(14)5-15-12(17)16-11/h1-6,9-12,15-18,24-26,33-34H,7-8,13-14,19-23H2,(H,41,49);1-3,5-6,11H,4,7-9H2,(H,16,17);1-7H,13-14H2/t33-,34-;11-;/m00./s1. The van der Waals surface area contributed by atoms with Gasteiger partial charge in [0.2, 0.25) is 35.2 Å². The van der Waals surface area contributed by atoms with Gasteiger partial charge in [0.1, 0.15) is 12.1 Å². The molecule has 3 saturated heterocycles. The van der Waals surface area contributed by atoms with Gasteiger partial charge in [-0.25, -0.2) is 24.7 Å².